The second kappa shape index (κ2) is 10.5. The molecule has 1 saturated carbocycles. The first-order valence-corrected chi connectivity index (χ1v) is 11.3. The Morgan fingerprint density at radius 3 is 2.67 bits per heavy atom. The third-order valence-electron chi connectivity index (χ3n) is 5.20. The quantitative estimate of drug-likeness (QED) is 0.372. The van der Waals surface area contributed by atoms with Crippen LogP contribution in [0.3, 0.4) is 0 Å². The lowest BCUT2D eigenvalue weighted by atomic mass is 10.2. The number of carbonyl (C=O) groups is 1. The van der Waals surface area contributed by atoms with Crippen molar-refractivity contribution >= 4 is 23.6 Å². The molecule has 0 unspecified atom stereocenters. The average molecular weight is 468 g/mol. The smallest absolute Gasteiger partial charge is 0.247 e. The zero-order chi connectivity index (χ0) is 23.2. The lowest BCUT2D eigenvalue weighted by molar-refractivity contribution is -0.127. The molecule has 1 fully saturated rings. The fraction of sp³-hybridized carbons (Fsp3) is 0.320. The van der Waals surface area contributed by atoms with E-state index < -0.39 is 0 Å². The van der Waals surface area contributed by atoms with Gasteiger partial charge >= 0.3 is 0 Å². The third kappa shape index (κ3) is 5.93. The maximum Gasteiger partial charge on any atom is 0.247 e. The van der Waals surface area contributed by atoms with Gasteiger partial charge in [0.05, 0.1) is 20.3 Å². The van der Waals surface area contributed by atoms with Gasteiger partial charge in [-0.2, -0.15) is 0 Å². The van der Waals surface area contributed by atoms with E-state index in [4.69, 9.17) is 25.5 Å². The fourth-order valence-electron chi connectivity index (χ4n) is 3.33. The van der Waals surface area contributed by atoms with E-state index in [0.29, 0.717) is 34.9 Å². The van der Waals surface area contributed by atoms with Crippen LogP contribution in [-0.2, 0) is 11.3 Å². The fourth-order valence-corrected chi connectivity index (χ4v) is 3.45. The highest BCUT2D eigenvalue weighted by molar-refractivity contribution is 6.30. The van der Waals surface area contributed by atoms with Gasteiger partial charge in [-0.05, 0) is 67.3 Å². The van der Waals surface area contributed by atoms with E-state index in [1.165, 1.54) is 0 Å². The van der Waals surface area contributed by atoms with Gasteiger partial charge in [0, 0.05) is 22.7 Å². The van der Waals surface area contributed by atoms with Crippen LogP contribution in [0.5, 0.6) is 11.5 Å². The Balaban J connectivity index is 1.44. The third-order valence-corrected chi connectivity index (χ3v) is 5.45. The summed E-state index contributed by atoms with van der Waals surface area (Å²) in [4.78, 5) is 14.7. The number of benzene rings is 2. The van der Waals surface area contributed by atoms with Gasteiger partial charge in [-0.1, -0.05) is 24.6 Å². The minimum absolute atomic E-state index is 0.103. The van der Waals surface area contributed by atoms with E-state index in [0.717, 1.165) is 30.4 Å². The van der Waals surface area contributed by atoms with Crippen molar-refractivity contribution in [2.24, 2.45) is 0 Å². The number of halogens is 1. The predicted molar refractivity (Wildman–Crippen MR) is 126 cm³/mol. The number of aromatic nitrogens is 2. The van der Waals surface area contributed by atoms with E-state index in [9.17, 15) is 4.79 Å². The summed E-state index contributed by atoms with van der Waals surface area (Å²) in [5.74, 6) is 2.02. The summed E-state index contributed by atoms with van der Waals surface area (Å²) in [5, 5.41) is 8.87. The van der Waals surface area contributed by atoms with Gasteiger partial charge in [-0.15, -0.1) is 10.2 Å². The van der Waals surface area contributed by atoms with Crippen LogP contribution in [0.25, 0.3) is 17.5 Å². The number of hydrogen-bond acceptors (Lipinski definition) is 6. The standard InChI is InChI=1S/C25H26ClN3O4/c1-3-14-32-21-12-4-17(15-22(21)31-2)5-13-24(30)29(20-10-11-20)16-23-27-28-25(33-23)18-6-8-19(26)9-7-18/h4-9,12-13,15,20H,3,10-11,14,16H2,1-2H3/b13-5+. The lowest BCUT2D eigenvalue weighted by Gasteiger charge is -2.18. The molecule has 0 atom stereocenters. The second-order valence-electron chi connectivity index (χ2n) is 7.80. The minimum atomic E-state index is -0.103. The Morgan fingerprint density at radius 2 is 1.97 bits per heavy atom. The van der Waals surface area contributed by atoms with Crippen LogP contribution in [0, 0.1) is 0 Å². The summed E-state index contributed by atoms with van der Waals surface area (Å²) < 4.78 is 16.9. The summed E-state index contributed by atoms with van der Waals surface area (Å²) in [7, 11) is 1.60. The Labute approximate surface area is 198 Å². The highest BCUT2D eigenvalue weighted by Gasteiger charge is 2.32. The highest BCUT2D eigenvalue weighted by atomic mass is 35.5. The number of rotatable bonds is 10. The molecule has 0 N–H and O–H groups in total. The van der Waals surface area contributed by atoms with Crippen molar-refractivity contribution in [3.63, 3.8) is 0 Å². The number of ether oxygens (including phenoxy) is 2. The molecule has 2 aromatic carbocycles. The maximum atomic E-state index is 13.0. The molecular formula is C25H26ClN3O4. The van der Waals surface area contributed by atoms with Crippen LogP contribution in [0.1, 0.15) is 37.6 Å². The molecule has 0 saturated heterocycles. The van der Waals surface area contributed by atoms with Gasteiger partial charge in [-0.25, -0.2) is 0 Å². The molecule has 33 heavy (non-hydrogen) atoms. The molecule has 1 aliphatic carbocycles. The molecule has 3 aromatic rings. The number of methoxy groups -OCH3 is 1. The summed E-state index contributed by atoms with van der Waals surface area (Å²) in [6.07, 6.45) is 6.19. The molecule has 8 heteroatoms. The van der Waals surface area contributed by atoms with Crippen LogP contribution >= 0.6 is 11.6 Å². The summed E-state index contributed by atoms with van der Waals surface area (Å²) >= 11 is 5.94. The van der Waals surface area contributed by atoms with Crippen LogP contribution < -0.4 is 9.47 Å². The zero-order valence-electron chi connectivity index (χ0n) is 18.7. The van der Waals surface area contributed by atoms with Gasteiger partial charge in [-0.3, -0.25) is 4.79 Å². The number of hydrogen-bond donors (Lipinski definition) is 0. The molecular weight excluding hydrogens is 442 g/mol. The van der Waals surface area contributed by atoms with Gasteiger partial charge in [0.25, 0.3) is 0 Å². The SMILES string of the molecule is CCCOc1ccc(/C=C/C(=O)N(Cc2nnc(-c3ccc(Cl)cc3)o2)C2CC2)cc1OC. The van der Waals surface area contributed by atoms with Crippen molar-refractivity contribution in [2.75, 3.05) is 13.7 Å². The van der Waals surface area contributed by atoms with Crippen LogP contribution in [0.2, 0.25) is 5.02 Å². The Bertz CT molecular complexity index is 1120. The minimum Gasteiger partial charge on any atom is -0.493 e. The summed E-state index contributed by atoms with van der Waals surface area (Å²) in [5.41, 5.74) is 1.63. The van der Waals surface area contributed by atoms with Gasteiger partial charge in [0.15, 0.2) is 11.5 Å². The van der Waals surface area contributed by atoms with Crippen molar-refractivity contribution in [1.29, 1.82) is 0 Å². The molecule has 1 heterocycles. The first kappa shape index (κ1) is 22.9. The Hall–Kier alpha value is -3.32. The zero-order valence-corrected chi connectivity index (χ0v) is 19.4. The molecule has 4 rings (SSSR count). The molecule has 1 aliphatic rings. The Kier molecular flexibility index (Phi) is 7.29. The number of nitrogens with zero attached hydrogens (tertiary/aromatic N) is 3. The summed E-state index contributed by atoms with van der Waals surface area (Å²) in [6.45, 7) is 2.94. The van der Waals surface area contributed by atoms with E-state index in [2.05, 4.69) is 10.2 Å². The first-order valence-electron chi connectivity index (χ1n) is 10.9. The van der Waals surface area contributed by atoms with Crippen molar-refractivity contribution < 1.29 is 18.7 Å². The summed E-state index contributed by atoms with van der Waals surface area (Å²) in [6, 6.07) is 13.0. The molecule has 1 amide bonds. The number of carbonyl (C=O) groups excluding carboxylic acids is 1. The van der Waals surface area contributed by atoms with Crippen LogP contribution in [0.4, 0.5) is 0 Å². The second-order valence-corrected chi connectivity index (χ2v) is 8.23. The van der Waals surface area contributed by atoms with Crippen molar-refractivity contribution in [3.05, 3.63) is 65.0 Å². The Morgan fingerprint density at radius 1 is 1.18 bits per heavy atom. The van der Waals surface area contributed by atoms with E-state index in [1.54, 1.807) is 36.3 Å². The van der Waals surface area contributed by atoms with Gasteiger partial charge < -0.3 is 18.8 Å². The highest BCUT2D eigenvalue weighted by Crippen LogP contribution is 2.31. The van der Waals surface area contributed by atoms with Crippen LogP contribution in [-0.4, -0.2) is 40.8 Å². The van der Waals surface area contributed by atoms with Crippen molar-refractivity contribution in [3.8, 4) is 23.0 Å². The molecule has 0 bridgehead atoms. The first-order chi connectivity index (χ1) is 16.1. The van der Waals surface area contributed by atoms with E-state index in [-0.39, 0.29) is 18.5 Å². The average Bonchev–Trinajstić information content (AvgIpc) is 3.57. The maximum absolute atomic E-state index is 13.0. The topological polar surface area (TPSA) is 77.7 Å². The molecule has 0 aliphatic heterocycles. The molecule has 7 nitrogen and oxygen atoms in total. The van der Waals surface area contributed by atoms with E-state index in [1.807, 2.05) is 37.3 Å². The normalized spacial score (nSPS) is 13.3. The van der Waals surface area contributed by atoms with Crippen molar-refractivity contribution in [2.45, 2.75) is 38.8 Å². The molecule has 1 aromatic heterocycles. The predicted octanol–water partition coefficient (Wildman–Crippen LogP) is 5.39. The molecule has 172 valence electrons. The van der Waals surface area contributed by atoms with Crippen LogP contribution in [0.15, 0.2) is 53.0 Å². The number of amides is 1. The molecule has 0 radical (unpaired) electrons. The van der Waals surface area contributed by atoms with Crippen molar-refractivity contribution in [1.82, 2.24) is 15.1 Å². The van der Waals surface area contributed by atoms with E-state index >= 15 is 0 Å². The van der Waals surface area contributed by atoms with Gasteiger partial charge in [0.2, 0.25) is 17.7 Å². The largest absolute Gasteiger partial charge is 0.493 e. The lowest BCUT2D eigenvalue weighted by Crippen LogP contribution is -2.31. The van der Waals surface area contributed by atoms with Gasteiger partial charge in [0.1, 0.15) is 0 Å². The molecule has 0 spiro atoms. The monoisotopic (exact) mass is 467 g/mol.